The number of aromatic nitrogens is 1. The molecule has 0 saturated heterocycles. The Morgan fingerprint density at radius 3 is 2.53 bits per heavy atom. The van der Waals surface area contributed by atoms with Crippen LogP contribution in [0.25, 0.3) is 0 Å². The minimum absolute atomic E-state index is 0.214. The second kappa shape index (κ2) is 8.16. The van der Waals surface area contributed by atoms with Gasteiger partial charge in [-0.05, 0) is 43.4 Å². The third kappa shape index (κ3) is 7.16. The van der Waals surface area contributed by atoms with Crippen LogP contribution in [0.2, 0.25) is 0 Å². The molecule has 0 aliphatic rings. The largest absolute Gasteiger partial charge is 0.475 e. The fourth-order valence-corrected chi connectivity index (χ4v) is 2.05. The van der Waals surface area contributed by atoms with E-state index in [4.69, 9.17) is 4.74 Å². The highest BCUT2D eigenvalue weighted by Gasteiger charge is 2.08. The topological polar surface area (TPSA) is 34.2 Å². The minimum atomic E-state index is 0.214. The van der Waals surface area contributed by atoms with Crippen molar-refractivity contribution in [3.8, 4) is 5.88 Å². The maximum Gasteiger partial charge on any atom is 0.213 e. The Kier molecular flexibility index (Phi) is 6.85. The predicted molar refractivity (Wildman–Crippen MR) is 80.3 cm³/mol. The number of hydrogen-bond donors (Lipinski definition) is 1. The van der Waals surface area contributed by atoms with Crippen molar-refractivity contribution < 1.29 is 4.74 Å². The van der Waals surface area contributed by atoms with Crippen molar-refractivity contribution in [3.05, 3.63) is 23.9 Å². The third-order valence-electron chi connectivity index (χ3n) is 2.81. The molecular weight excluding hydrogens is 236 g/mol. The zero-order valence-electron chi connectivity index (χ0n) is 12.9. The Labute approximate surface area is 117 Å². The summed E-state index contributed by atoms with van der Waals surface area (Å²) >= 11 is 0. The van der Waals surface area contributed by atoms with E-state index in [-0.39, 0.29) is 6.10 Å². The molecule has 0 spiro atoms. The van der Waals surface area contributed by atoms with E-state index in [0.29, 0.717) is 11.8 Å². The smallest absolute Gasteiger partial charge is 0.213 e. The summed E-state index contributed by atoms with van der Waals surface area (Å²) in [4.78, 5) is 4.28. The molecule has 0 radical (unpaired) electrons. The van der Waals surface area contributed by atoms with Gasteiger partial charge in [0, 0.05) is 18.8 Å². The number of pyridine rings is 1. The number of hydrogen-bond acceptors (Lipinski definition) is 3. The highest BCUT2D eigenvalue weighted by Crippen LogP contribution is 2.14. The van der Waals surface area contributed by atoms with Crippen molar-refractivity contribution in [3.63, 3.8) is 0 Å². The van der Waals surface area contributed by atoms with Gasteiger partial charge < -0.3 is 10.1 Å². The second-order valence-electron chi connectivity index (χ2n) is 6.09. The van der Waals surface area contributed by atoms with Crippen LogP contribution in [0.15, 0.2) is 18.3 Å². The molecule has 19 heavy (non-hydrogen) atoms. The molecule has 0 bridgehead atoms. The molecule has 0 saturated carbocycles. The highest BCUT2D eigenvalue weighted by molar-refractivity contribution is 5.20. The quantitative estimate of drug-likeness (QED) is 0.778. The van der Waals surface area contributed by atoms with Crippen LogP contribution in [0.3, 0.4) is 0 Å². The summed E-state index contributed by atoms with van der Waals surface area (Å²) in [6.07, 6.45) is 3.09. The van der Waals surface area contributed by atoms with Crippen molar-refractivity contribution in [2.45, 2.75) is 53.7 Å². The molecule has 0 amide bonds. The zero-order valence-corrected chi connectivity index (χ0v) is 12.9. The summed E-state index contributed by atoms with van der Waals surface area (Å²) in [5.74, 6) is 2.05. The van der Waals surface area contributed by atoms with Gasteiger partial charge in [0.15, 0.2) is 0 Å². The van der Waals surface area contributed by atoms with Gasteiger partial charge in [0.25, 0.3) is 0 Å². The lowest BCUT2D eigenvalue weighted by Crippen LogP contribution is -2.19. The molecule has 0 aliphatic heterocycles. The van der Waals surface area contributed by atoms with Gasteiger partial charge in [0.05, 0.1) is 6.10 Å². The average Bonchev–Trinajstić information content (AvgIpc) is 2.27. The van der Waals surface area contributed by atoms with Crippen LogP contribution in [0.5, 0.6) is 5.88 Å². The molecule has 1 atom stereocenters. The van der Waals surface area contributed by atoms with E-state index in [1.54, 1.807) is 0 Å². The molecule has 3 heteroatoms. The summed E-state index contributed by atoms with van der Waals surface area (Å²) in [6.45, 7) is 12.8. The minimum Gasteiger partial charge on any atom is -0.475 e. The van der Waals surface area contributed by atoms with E-state index in [9.17, 15) is 0 Å². The van der Waals surface area contributed by atoms with Crippen molar-refractivity contribution in [2.24, 2.45) is 11.8 Å². The van der Waals surface area contributed by atoms with Crippen molar-refractivity contribution in [2.75, 3.05) is 6.54 Å². The summed E-state index contributed by atoms with van der Waals surface area (Å²) < 4.78 is 5.85. The van der Waals surface area contributed by atoms with Crippen LogP contribution in [0, 0.1) is 11.8 Å². The van der Waals surface area contributed by atoms with Crippen molar-refractivity contribution in [1.29, 1.82) is 0 Å². The Balaban J connectivity index is 2.47. The lowest BCUT2D eigenvalue weighted by molar-refractivity contribution is 0.185. The predicted octanol–water partition coefficient (Wildman–Crippen LogP) is 3.64. The van der Waals surface area contributed by atoms with Gasteiger partial charge in [0.1, 0.15) is 0 Å². The van der Waals surface area contributed by atoms with E-state index in [1.807, 2.05) is 18.3 Å². The third-order valence-corrected chi connectivity index (χ3v) is 2.81. The van der Waals surface area contributed by atoms with Crippen LogP contribution in [-0.4, -0.2) is 17.6 Å². The fraction of sp³-hybridized carbons (Fsp3) is 0.688. The molecule has 1 aromatic heterocycles. The molecule has 1 aromatic rings. The number of nitrogens with zero attached hydrogens (tertiary/aromatic N) is 1. The van der Waals surface area contributed by atoms with Crippen molar-refractivity contribution in [1.82, 2.24) is 10.3 Å². The van der Waals surface area contributed by atoms with Crippen molar-refractivity contribution >= 4 is 0 Å². The number of rotatable bonds is 8. The molecule has 3 nitrogen and oxygen atoms in total. The van der Waals surface area contributed by atoms with E-state index < -0.39 is 0 Å². The summed E-state index contributed by atoms with van der Waals surface area (Å²) in [7, 11) is 0. The van der Waals surface area contributed by atoms with Crippen LogP contribution in [0.1, 0.15) is 46.6 Å². The SMILES string of the molecule is CC(C)CNCc1ccnc(OC(C)CC(C)C)c1. The van der Waals surface area contributed by atoms with Gasteiger partial charge in [0.2, 0.25) is 5.88 Å². The Morgan fingerprint density at radius 2 is 1.89 bits per heavy atom. The first kappa shape index (κ1) is 16.0. The number of nitrogens with one attached hydrogen (secondary N) is 1. The van der Waals surface area contributed by atoms with E-state index in [2.05, 4.69) is 44.9 Å². The maximum absolute atomic E-state index is 5.85. The van der Waals surface area contributed by atoms with E-state index >= 15 is 0 Å². The molecule has 0 aromatic carbocycles. The zero-order chi connectivity index (χ0) is 14.3. The fourth-order valence-electron chi connectivity index (χ4n) is 2.05. The first-order chi connectivity index (χ1) is 8.97. The first-order valence-corrected chi connectivity index (χ1v) is 7.29. The van der Waals surface area contributed by atoms with Gasteiger partial charge >= 0.3 is 0 Å². The van der Waals surface area contributed by atoms with Gasteiger partial charge in [-0.2, -0.15) is 0 Å². The lowest BCUT2D eigenvalue weighted by atomic mass is 10.1. The Bertz CT molecular complexity index is 364. The molecule has 1 unspecified atom stereocenters. The molecule has 1 N–H and O–H groups in total. The lowest BCUT2D eigenvalue weighted by Gasteiger charge is -2.16. The van der Waals surface area contributed by atoms with Gasteiger partial charge in [-0.15, -0.1) is 0 Å². The Morgan fingerprint density at radius 1 is 1.16 bits per heavy atom. The van der Waals surface area contributed by atoms with Crippen LogP contribution < -0.4 is 10.1 Å². The van der Waals surface area contributed by atoms with Gasteiger partial charge in [-0.3, -0.25) is 0 Å². The molecule has 1 heterocycles. The maximum atomic E-state index is 5.85. The van der Waals surface area contributed by atoms with E-state index in [1.165, 1.54) is 5.56 Å². The molecular formula is C16H28N2O. The van der Waals surface area contributed by atoms with Crippen LogP contribution >= 0.6 is 0 Å². The summed E-state index contributed by atoms with van der Waals surface area (Å²) in [5.41, 5.74) is 1.22. The number of ether oxygens (including phenoxy) is 1. The standard InChI is InChI=1S/C16H28N2O/c1-12(2)8-14(5)19-16-9-15(6-7-18-16)11-17-10-13(3)4/h6-7,9,12-14,17H,8,10-11H2,1-5H3. The van der Waals surface area contributed by atoms with Crippen LogP contribution in [0.4, 0.5) is 0 Å². The molecule has 0 fully saturated rings. The molecule has 1 rings (SSSR count). The normalized spacial score (nSPS) is 13.0. The molecule has 0 aliphatic carbocycles. The van der Waals surface area contributed by atoms with Gasteiger partial charge in [-0.1, -0.05) is 27.7 Å². The second-order valence-corrected chi connectivity index (χ2v) is 6.09. The summed E-state index contributed by atoms with van der Waals surface area (Å²) in [5, 5.41) is 3.43. The van der Waals surface area contributed by atoms with E-state index in [0.717, 1.165) is 25.4 Å². The first-order valence-electron chi connectivity index (χ1n) is 7.29. The summed E-state index contributed by atoms with van der Waals surface area (Å²) in [6, 6.07) is 4.07. The monoisotopic (exact) mass is 264 g/mol. The average molecular weight is 264 g/mol. The molecule has 108 valence electrons. The van der Waals surface area contributed by atoms with Crippen LogP contribution in [-0.2, 0) is 6.54 Å². The highest BCUT2D eigenvalue weighted by atomic mass is 16.5. The Hall–Kier alpha value is -1.09. The van der Waals surface area contributed by atoms with Gasteiger partial charge in [-0.25, -0.2) is 4.98 Å².